The molecule has 1 aliphatic rings. The molecule has 1 aliphatic heterocycles. The Kier molecular flexibility index (Phi) is 5.27. The summed E-state index contributed by atoms with van der Waals surface area (Å²) in [5.41, 5.74) is 8.19. The van der Waals surface area contributed by atoms with Gasteiger partial charge in [0.25, 0.3) is 0 Å². The average molecular weight is 398 g/mol. The number of aromatic nitrogens is 4. The molecule has 1 saturated heterocycles. The van der Waals surface area contributed by atoms with E-state index in [4.69, 9.17) is 15.2 Å². The Morgan fingerprint density at radius 2 is 1.93 bits per heavy atom. The molecule has 1 aromatic carbocycles. The monoisotopic (exact) mass is 398 g/mol. The molecule has 0 unspecified atom stereocenters. The van der Waals surface area contributed by atoms with Crippen molar-refractivity contribution in [2.24, 2.45) is 5.73 Å². The van der Waals surface area contributed by atoms with E-state index in [0.717, 1.165) is 5.56 Å². The van der Waals surface area contributed by atoms with Crippen molar-refractivity contribution in [3.63, 3.8) is 0 Å². The molecule has 0 spiro atoms. The van der Waals surface area contributed by atoms with Crippen LogP contribution >= 0.6 is 0 Å². The lowest BCUT2D eigenvalue weighted by Gasteiger charge is -2.33. The van der Waals surface area contributed by atoms with Gasteiger partial charge in [0.15, 0.2) is 5.82 Å². The maximum absolute atomic E-state index is 13.4. The lowest BCUT2D eigenvalue weighted by Crippen LogP contribution is -2.50. The van der Waals surface area contributed by atoms with Gasteiger partial charge in [-0.1, -0.05) is 0 Å². The minimum Gasteiger partial charge on any atom is -0.354 e. The van der Waals surface area contributed by atoms with Crippen molar-refractivity contribution in [1.29, 1.82) is 0 Å². The van der Waals surface area contributed by atoms with Crippen LogP contribution in [0.3, 0.4) is 0 Å². The molecular weight excluding hydrogens is 375 g/mol. The largest absolute Gasteiger partial charge is 0.354 e. The summed E-state index contributed by atoms with van der Waals surface area (Å²) in [7, 11) is 0. The molecule has 152 valence electrons. The van der Waals surface area contributed by atoms with E-state index >= 15 is 0 Å². The van der Waals surface area contributed by atoms with Gasteiger partial charge >= 0.3 is 0 Å². The van der Waals surface area contributed by atoms with Gasteiger partial charge in [-0.3, -0.25) is 0 Å². The number of aromatic amines is 1. The topological polar surface area (TPSA) is 111 Å². The highest BCUT2D eigenvalue weighted by molar-refractivity contribution is 5.77. The number of nitrogens with one attached hydrogen (secondary N) is 2. The minimum absolute atomic E-state index is 0.316. The Bertz CT molecular complexity index is 979. The highest BCUT2D eigenvalue weighted by atomic mass is 19.1. The maximum atomic E-state index is 13.4. The molecule has 3 heterocycles. The summed E-state index contributed by atoms with van der Waals surface area (Å²) in [5.74, 6) is 0.692. The number of nitrogens with zero attached hydrogens (tertiary/aromatic N) is 3. The average Bonchev–Trinajstić information content (AvgIpc) is 3.14. The number of ether oxygens (including phenoxy) is 2. The van der Waals surface area contributed by atoms with E-state index in [2.05, 4.69) is 25.3 Å². The molecule has 0 saturated carbocycles. The second-order valence-electron chi connectivity index (χ2n) is 7.26. The van der Waals surface area contributed by atoms with Crippen molar-refractivity contribution < 1.29 is 13.9 Å². The Labute approximate surface area is 167 Å². The highest BCUT2D eigenvalue weighted by Gasteiger charge is 2.32. The van der Waals surface area contributed by atoms with Crippen LogP contribution in [0.5, 0.6) is 0 Å². The minimum atomic E-state index is -0.672. The quantitative estimate of drug-likeness (QED) is 0.606. The molecule has 4 N–H and O–H groups in total. The summed E-state index contributed by atoms with van der Waals surface area (Å²) in [6.07, 6.45) is 0.998. The summed E-state index contributed by atoms with van der Waals surface area (Å²) in [5, 5.41) is 3.09. The van der Waals surface area contributed by atoms with E-state index in [-0.39, 0.29) is 5.82 Å². The number of hydrogen-bond donors (Lipinski definition) is 3. The lowest BCUT2D eigenvalue weighted by molar-refractivity contribution is -0.211. The Balaban J connectivity index is 1.75. The van der Waals surface area contributed by atoms with E-state index in [0.29, 0.717) is 48.6 Å². The summed E-state index contributed by atoms with van der Waals surface area (Å²) >= 11 is 0. The maximum Gasteiger partial charge on any atom is 0.223 e. The van der Waals surface area contributed by atoms with Crippen molar-refractivity contribution in [3.05, 3.63) is 48.2 Å². The van der Waals surface area contributed by atoms with Crippen LogP contribution in [0.2, 0.25) is 0 Å². The van der Waals surface area contributed by atoms with Gasteiger partial charge in [-0.25, -0.2) is 19.3 Å². The predicted octanol–water partition coefficient (Wildman–Crippen LogP) is 2.87. The van der Waals surface area contributed by atoms with Gasteiger partial charge in [-0.2, -0.15) is 0 Å². The third kappa shape index (κ3) is 4.26. The number of nitrogens with two attached hydrogens (primary N) is 1. The normalized spacial score (nSPS) is 21.9. The standard InChI is InChI=1S/C20H23FN6O2/c1-3-23-19-24-9-8-14(25-19)16-15(12-4-6-13(21)7-5-12)26-17(27-16)18-28-10-20(2,22)11-29-18/h4-9,18H,3,10-11,22H2,1-2H3,(H,26,27)(H,23,24,25). The van der Waals surface area contributed by atoms with E-state index < -0.39 is 11.8 Å². The number of H-pyrrole nitrogens is 1. The first kappa shape index (κ1) is 19.4. The number of imidazole rings is 1. The Hall–Kier alpha value is -2.88. The van der Waals surface area contributed by atoms with Crippen LogP contribution in [0.4, 0.5) is 10.3 Å². The molecule has 29 heavy (non-hydrogen) atoms. The van der Waals surface area contributed by atoms with Crippen LogP contribution in [0.25, 0.3) is 22.6 Å². The van der Waals surface area contributed by atoms with Gasteiger partial charge in [0.2, 0.25) is 12.2 Å². The van der Waals surface area contributed by atoms with Gasteiger partial charge in [0.1, 0.15) is 5.82 Å². The van der Waals surface area contributed by atoms with Crippen LogP contribution in [0.15, 0.2) is 36.5 Å². The van der Waals surface area contributed by atoms with E-state index in [1.165, 1.54) is 12.1 Å². The molecule has 9 heteroatoms. The molecular formula is C20H23FN6O2. The number of anilines is 1. The van der Waals surface area contributed by atoms with Gasteiger partial charge in [0, 0.05) is 18.3 Å². The zero-order chi connectivity index (χ0) is 20.4. The number of hydrogen-bond acceptors (Lipinski definition) is 7. The molecule has 0 bridgehead atoms. The van der Waals surface area contributed by atoms with Crippen LogP contribution in [-0.4, -0.2) is 45.2 Å². The Morgan fingerprint density at radius 3 is 2.62 bits per heavy atom. The first-order valence-electron chi connectivity index (χ1n) is 9.40. The SMILES string of the molecule is CCNc1nccc(-c2[nH]c(C3OCC(C)(N)CO3)nc2-c2ccc(F)cc2)n1. The van der Waals surface area contributed by atoms with Crippen LogP contribution in [0, 0.1) is 5.82 Å². The summed E-state index contributed by atoms with van der Waals surface area (Å²) < 4.78 is 24.9. The first-order valence-corrected chi connectivity index (χ1v) is 9.40. The van der Waals surface area contributed by atoms with Crippen molar-refractivity contribution >= 4 is 5.95 Å². The van der Waals surface area contributed by atoms with Gasteiger partial charge in [0.05, 0.1) is 35.8 Å². The molecule has 4 rings (SSSR count). The van der Waals surface area contributed by atoms with Gasteiger partial charge < -0.3 is 25.5 Å². The molecule has 2 aromatic heterocycles. The van der Waals surface area contributed by atoms with Gasteiger partial charge in [-0.15, -0.1) is 0 Å². The third-order valence-electron chi connectivity index (χ3n) is 4.44. The second kappa shape index (κ2) is 7.86. The fourth-order valence-electron chi connectivity index (χ4n) is 3.03. The molecule has 0 radical (unpaired) electrons. The van der Waals surface area contributed by atoms with E-state index in [1.54, 1.807) is 24.4 Å². The lowest BCUT2D eigenvalue weighted by atomic mass is 10.1. The Morgan fingerprint density at radius 1 is 1.21 bits per heavy atom. The summed E-state index contributed by atoms with van der Waals surface area (Å²) in [6.45, 7) is 5.22. The number of benzene rings is 1. The molecule has 0 atom stereocenters. The van der Waals surface area contributed by atoms with Crippen LogP contribution < -0.4 is 11.1 Å². The van der Waals surface area contributed by atoms with Crippen molar-refractivity contribution in [1.82, 2.24) is 19.9 Å². The van der Waals surface area contributed by atoms with Crippen molar-refractivity contribution in [2.45, 2.75) is 25.7 Å². The highest BCUT2D eigenvalue weighted by Crippen LogP contribution is 2.33. The predicted molar refractivity (Wildman–Crippen MR) is 106 cm³/mol. The molecule has 1 fully saturated rings. The second-order valence-corrected chi connectivity index (χ2v) is 7.26. The fourth-order valence-corrected chi connectivity index (χ4v) is 3.03. The van der Waals surface area contributed by atoms with E-state index in [1.807, 2.05) is 13.8 Å². The summed E-state index contributed by atoms with van der Waals surface area (Å²) in [6, 6.07) is 7.91. The zero-order valence-electron chi connectivity index (χ0n) is 16.3. The van der Waals surface area contributed by atoms with Crippen molar-refractivity contribution in [3.8, 4) is 22.6 Å². The van der Waals surface area contributed by atoms with Crippen LogP contribution in [-0.2, 0) is 9.47 Å². The van der Waals surface area contributed by atoms with Gasteiger partial charge in [-0.05, 0) is 44.2 Å². The molecule has 0 aliphatic carbocycles. The van der Waals surface area contributed by atoms with E-state index in [9.17, 15) is 4.39 Å². The summed E-state index contributed by atoms with van der Waals surface area (Å²) in [4.78, 5) is 16.7. The molecule has 8 nitrogen and oxygen atoms in total. The smallest absolute Gasteiger partial charge is 0.223 e. The zero-order valence-corrected chi connectivity index (χ0v) is 16.3. The fraction of sp³-hybridized carbons (Fsp3) is 0.350. The first-order chi connectivity index (χ1) is 13.9. The molecule has 3 aromatic rings. The number of rotatable bonds is 5. The van der Waals surface area contributed by atoms with Crippen molar-refractivity contribution in [2.75, 3.05) is 25.1 Å². The third-order valence-corrected chi connectivity index (χ3v) is 4.44. The molecule has 0 amide bonds. The number of halogens is 1. The van der Waals surface area contributed by atoms with Crippen LogP contribution in [0.1, 0.15) is 26.0 Å².